The largest absolute Gasteiger partial charge is 0.490 e. The van der Waals surface area contributed by atoms with E-state index >= 15 is 8.78 Å². The van der Waals surface area contributed by atoms with Crippen molar-refractivity contribution < 1.29 is 22.3 Å². The highest BCUT2D eigenvalue weighted by Gasteiger charge is 2.26. The van der Waals surface area contributed by atoms with Gasteiger partial charge in [-0.1, -0.05) is 81.5 Å². The second kappa shape index (κ2) is 15.2. The first-order chi connectivity index (χ1) is 19.9. The molecule has 5 heteroatoms. The van der Waals surface area contributed by atoms with Crippen molar-refractivity contribution in [3.8, 4) is 28.0 Å². The van der Waals surface area contributed by atoms with Gasteiger partial charge in [-0.15, -0.1) is 6.58 Å². The maximum absolute atomic E-state index is 15.2. The van der Waals surface area contributed by atoms with Gasteiger partial charge in [0.25, 0.3) is 0 Å². The Labute approximate surface area is 242 Å². The van der Waals surface area contributed by atoms with Crippen LogP contribution in [0.4, 0.5) is 17.6 Å². The molecule has 0 spiro atoms. The Morgan fingerprint density at radius 3 is 1.93 bits per heavy atom. The van der Waals surface area contributed by atoms with Crippen LogP contribution in [0.5, 0.6) is 5.75 Å². The number of rotatable bonds is 14. The molecule has 1 aliphatic carbocycles. The molecule has 0 radical (unpaired) electrons. The summed E-state index contributed by atoms with van der Waals surface area (Å²) in [6, 6.07) is 12.7. The summed E-state index contributed by atoms with van der Waals surface area (Å²) >= 11 is 0. The molecule has 0 aromatic heterocycles. The molecule has 1 nitrogen and oxygen atoms in total. The molecule has 1 aliphatic rings. The van der Waals surface area contributed by atoms with E-state index in [9.17, 15) is 8.78 Å². The molecule has 1 fully saturated rings. The quantitative estimate of drug-likeness (QED) is 0.107. The van der Waals surface area contributed by atoms with E-state index in [2.05, 4.69) is 13.5 Å². The minimum absolute atomic E-state index is 0.0246. The molecule has 0 aliphatic heterocycles. The molecule has 0 unspecified atom stereocenters. The molecule has 220 valence electrons. The predicted octanol–water partition coefficient (Wildman–Crippen LogP) is 11.6. The zero-order chi connectivity index (χ0) is 29.2. The zero-order valence-corrected chi connectivity index (χ0v) is 24.2. The van der Waals surface area contributed by atoms with Gasteiger partial charge in [-0.2, -0.15) is 4.39 Å². The molecule has 4 rings (SSSR count). The monoisotopic (exact) mass is 566 g/mol. The topological polar surface area (TPSA) is 9.23 Å². The van der Waals surface area contributed by atoms with Gasteiger partial charge in [0.1, 0.15) is 0 Å². The maximum atomic E-state index is 15.2. The Bertz CT molecular complexity index is 1280. The molecular weight excluding hydrogens is 524 g/mol. The average Bonchev–Trinajstić information content (AvgIpc) is 2.99. The van der Waals surface area contributed by atoms with Crippen molar-refractivity contribution in [2.45, 2.75) is 89.9 Å². The summed E-state index contributed by atoms with van der Waals surface area (Å²) < 4.78 is 65.6. The smallest absolute Gasteiger partial charge is 0.201 e. The van der Waals surface area contributed by atoms with Crippen LogP contribution in [0, 0.1) is 29.2 Å². The van der Waals surface area contributed by atoms with Gasteiger partial charge in [0.2, 0.25) is 5.82 Å². The summed E-state index contributed by atoms with van der Waals surface area (Å²) in [5.74, 6) is -3.10. The standard InChI is InChI=1S/C36H42F4O/c1-3-5-7-8-9-10-24-41-32-23-22-31(35(39)36(32)40)28-18-16-27(17-19-28)30-21-20-29(33(37)34(30)38)26-14-12-25(13-15-26)11-6-4-2/h4,16-23,25-26H,2-3,5-15,24H2,1H3. The minimum atomic E-state index is -1.02. The van der Waals surface area contributed by atoms with Crippen molar-refractivity contribution >= 4 is 0 Å². The summed E-state index contributed by atoms with van der Waals surface area (Å²) in [6.45, 7) is 6.29. The summed E-state index contributed by atoms with van der Waals surface area (Å²) in [4.78, 5) is 0. The number of benzene rings is 3. The normalized spacial score (nSPS) is 17.0. The maximum Gasteiger partial charge on any atom is 0.201 e. The fourth-order valence-corrected chi connectivity index (χ4v) is 5.98. The van der Waals surface area contributed by atoms with E-state index in [0.29, 0.717) is 29.2 Å². The molecule has 41 heavy (non-hydrogen) atoms. The first-order valence-corrected chi connectivity index (χ1v) is 15.2. The number of halogens is 4. The lowest BCUT2D eigenvalue weighted by atomic mass is 9.77. The number of unbranched alkanes of at least 4 members (excludes halogenated alkanes) is 5. The van der Waals surface area contributed by atoms with Gasteiger partial charge in [-0.25, -0.2) is 13.2 Å². The highest BCUT2D eigenvalue weighted by Crippen LogP contribution is 2.40. The van der Waals surface area contributed by atoms with Gasteiger partial charge in [-0.05, 0) is 85.6 Å². The Balaban J connectivity index is 1.40. The van der Waals surface area contributed by atoms with Crippen molar-refractivity contribution in [3.05, 3.63) is 90.0 Å². The molecule has 3 aromatic carbocycles. The van der Waals surface area contributed by atoms with Crippen LogP contribution in [-0.2, 0) is 0 Å². The Morgan fingerprint density at radius 1 is 0.707 bits per heavy atom. The van der Waals surface area contributed by atoms with Gasteiger partial charge in [0.05, 0.1) is 6.61 Å². The Kier molecular flexibility index (Phi) is 11.5. The van der Waals surface area contributed by atoms with Gasteiger partial charge in [-0.3, -0.25) is 0 Å². The van der Waals surface area contributed by atoms with Crippen molar-refractivity contribution in [3.63, 3.8) is 0 Å². The third-order valence-electron chi connectivity index (χ3n) is 8.49. The minimum Gasteiger partial charge on any atom is -0.490 e. The second-order valence-electron chi connectivity index (χ2n) is 11.3. The summed E-state index contributed by atoms with van der Waals surface area (Å²) in [6.07, 6.45) is 14.3. The van der Waals surface area contributed by atoms with Crippen LogP contribution >= 0.6 is 0 Å². The molecule has 0 bridgehead atoms. The summed E-state index contributed by atoms with van der Waals surface area (Å²) in [5, 5.41) is 0. The molecule has 0 N–H and O–H groups in total. The first kappa shape index (κ1) is 30.9. The van der Waals surface area contributed by atoms with Gasteiger partial charge >= 0.3 is 0 Å². The van der Waals surface area contributed by atoms with E-state index in [0.717, 1.165) is 57.8 Å². The van der Waals surface area contributed by atoms with Crippen LogP contribution in [0.15, 0.2) is 61.2 Å². The fourth-order valence-electron chi connectivity index (χ4n) is 5.98. The average molecular weight is 567 g/mol. The number of allylic oxidation sites excluding steroid dienone is 1. The van der Waals surface area contributed by atoms with Gasteiger partial charge < -0.3 is 4.74 Å². The van der Waals surface area contributed by atoms with E-state index in [-0.39, 0.29) is 22.8 Å². The highest BCUT2D eigenvalue weighted by atomic mass is 19.2. The molecule has 0 amide bonds. The van der Waals surface area contributed by atoms with Crippen LogP contribution in [0.3, 0.4) is 0 Å². The molecule has 1 saturated carbocycles. The highest BCUT2D eigenvalue weighted by molar-refractivity contribution is 5.72. The predicted molar refractivity (Wildman–Crippen MR) is 160 cm³/mol. The number of hydrogen-bond acceptors (Lipinski definition) is 1. The van der Waals surface area contributed by atoms with E-state index in [4.69, 9.17) is 4.74 Å². The molecule has 0 atom stereocenters. The lowest BCUT2D eigenvalue weighted by Crippen LogP contribution is -2.15. The van der Waals surface area contributed by atoms with Crippen LogP contribution in [0.2, 0.25) is 0 Å². The van der Waals surface area contributed by atoms with Crippen molar-refractivity contribution in [2.24, 2.45) is 5.92 Å². The third-order valence-corrected chi connectivity index (χ3v) is 8.49. The first-order valence-electron chi connectivity index (χ1n) is 15.2. The Hall–Kier alpha value is -3.08. The molecule has 3 aromatic rings. The Morgan fingerprint density at radius 2 is 1.29 bits per heavy atom. The SMILES string of the molecule is C=CCCC1CCC(c2ccc(-c3ccc(-c4ccc(OCCCCCCCC)c(F)c4F)cc3)c(F)c2F)CC1. The van der Waals surface area contributed by atoms with E-state index in [1.54, 1.807) is 36.4 Å². The fraction of sp³-hybridized carbons (Fsp3) is 0.444. The molecular formula is C36H42F4O. The van der Waals surface area contributed by atoms with E-state index < -0.39 is 23.3 Å². The van der Waals surface area contributed by atoms with Gasteiger partial charge in [0.15, 0.2) is 23.2 Å². The van der Waals surface area contributed by atoms with Crippen molar-refractivity contribution in [1.82, 2.24) is 0 Å². The third kappa shape index (κ3) is 7.81. The van der Waals surface area contributed by atoms with Gasteiger partial charge in [0, 0.05) is 11.1 Å². The van der Waals surface area contributed by atoms with Crippen molar-refractivity contribution in [2.75, 3.05) is 6.61 Å². The lowest BCUT2D eigenvalue weighted by Gasteiger charge is -2.29. The number of ether oxygens (including phenoxy) is 1. The second-order valence-corrected chi connectivity index (χ2v) is 11.3. The summed E-state index contributed by atoms with van der Waals surface area (Å²) in [5.41, 5.74) is 1.61. The number of hydrogen-bond donors (Lipinski definition) is 0. The van der Waals surface area contributed by atoms with Crippen LogP contribution in [0.25, 0.3) is 22.3 Å². The molecule has 0 heterocycles. The van der Waals surface area contributed by atoms with Crippen LogP contribution in [0.1, 0.15) is 95.5 Å². The summed E-state index contributed by atoms with van der Waals surface area (Å²) in [7, 11) is 0. The zero-order valence-electron chi connectivity index (χ0n) is 24.2. The van der Waals surface area contributed by atoms with Crippen molar-refractivity contribution in [1.29, 1.82) is 0 Å². The molecule has 0 saturated heterocycles. The van der Waals surface area contributed by atoms with E-state index in [1.165, 1.54) is 31.4 Å². The lowest BCUT2D eigenvalue weighted by molar-refractivity contribution is 0.285. The van der Waals surface area contributed by atoms with Crippen LogP contribution in [-0.4, -0.2) is 6.61 Å². The van der Waals surface area contributed by atoms with Crippen LogP contribution < -0.4 is 4.74 Å². The van der Waals surface area contributed by atoms with E-state index in [1.807, 2.05) is 6.08 Å².